The zero-order valence-corrected chi connectivity index (χ0v) is 43.1. The van der Waals surface area contributed by atoms with Gasteiger partial charge in [-0.3, -0.25) is 0 Å². The van der Waals surface area contributed by atoms with Crippen molar-refractivity contribution in [3.8, 4) is 33.4 Å². The Labute approximate surface area is 407 Å². The van der Waals surface area contributed by atoms with Gasteiger partial charge in [-0.1, -0.05) is 125 Å². The summed E-state index contributed by atoms with van der Waals surface area (Å²) >= 11 is 0. The molecule has 0 fully saturated rings. The second-order valence-corrected chi connectivity index (χ2v) is 20.5. The molecule has 1 heterocycles. The van der Waals surface area contributed by atoms with Crippen LogP contribution in [0.1, 0.15) is 0 Å². The number of hydrogen-bond acceptors (Lipinski definition) is 1. The van der Waals surface area contributed by atoms with Gasteiger partial charge < -0.3 is 4.42 Å². The van der Waals surface area contributed by atoms with Gasteiger partial charge in [0.15, 0.2) is 0 Å². The molecule has 0 aliphatic heterocycles. The lowest BCUT2D eigenvalue weighted by Crippen LogP contribution is -2.51. The summed E-state index contributed by atoms with van der Waals surface area (Å²) in [5, 5.41) is 13.3. The third-order valence-corrected chi connectivity index (χ3v) is 17.9. The Hall–Kier alpha value is -4.95. The van der Waals surface area contributed by atoms with Gasteiger partial charge in [-0.25, -0.2) is 0 Å². The number of benzene rings is 9. The number of furan rings is 1. The fourth-order valence-corrected chi connectivity index (χ4v) is 12.6. The molecule has 9 aromatic carbocycles. The molecule has 0 aliphatic carbocycles. The lowest BCUT2D eigenvalue weighted by molar-refractivity contribution is 0.675. The van der Waals surface area contributed by atoms with Crippen molar-refractivity contribution < 1.29 is 4.42 Å². The first kappa shape index (κ1) is 44.9. The molecule has 0 atom stereocenters. The van der Waals surface area contributed by atoms with E-state index in [4.69, 9.17) is 4.42 Å². The molecule has 0 aliphatic rings. The second kappa shape index (κ2) is 15.5. The van der Waals surface area contributed by atoms with Gasteiger partial charge in [0.1, 0.15) is 160 Å². The van der Waals surface area contributed by atoms with Crippen LogP contribution in [0.4, 0.5) is 0 Å². The second-order valence-electron chi connectivity index (χ2n) is 20.5. The summed E-state index contributed by atoms with van der Waals surface area (Å²) in [5.74, 6) is 0. The third kappa shape index (κ3) is 5.81. The third-order valence-electron chi connectivity index (χ3n) is 17.9. The highest BCUT2D eigenvalue weighted by Crippen LogP contribution is 2.44. The van der Waals surface area contributed by atoms with Crippen molar-refractivity contribution in [2.45, 2.75) is 0 Å². The molecule has 1 nitrogen and oxygen atoms in total. The van der Waals surface area contributed by atoms with Gasteiger partial charge in [-0.15, -0.1) is 27.3 Å². The first-order valence-electron chi connectivity index (χ1n) is 24.1. The monoisotopic (exact) mass is 825 g/mol. The molecule has 0 saturated heterocycles. The predicted octanol–water partition coefficient (Wildman–Crippen LogP) is -19.9. The lowest BCUT2D eigenvalue weighted by Gasteiger charge is -2.31. The van der Waals surface area contributed by atoms with Crippen LogP contribution in [0, 0.1) is 0 Å². The minimum absolute atomic E-state index is 1.03. The van der Waals surface area contributed by atoms with E-state index >= 15 is 0 Å². The average Bonchev–Trinajstić information content (AvgIpc) is 3.72. The molecule has 0 spiro atoms. The summed E-state index contributed by atoms with van der Waals surface area (Å²) in [4.78, 5) is 0. The highest BCUT2D eigenvalue weighted by atomic mass is 16.3. The Morgan fingerprint density at radius 3 is 1.06 bits per heavy atom. The summed E-state index contributed by atoms with van der Waals surface area (Å²) < 4.78 is 7.05. The summed E-state index contributed by atoms with van der Waals surface area (Å²) in [6.07, 6.45) is 0. The number of rotatable bonds is 3. The van der Waals surface area contributed by atoms with Crippen molar-refractivity contribution in [2.75, 3.05) is 0 Å². The number of hydrogen-bond donors (Lipinski definition) is 0. The summed E-state index contributed by atoms with van der Waals surface area (Å²) in [6.45, 7) is 0. The number of fused-ring (bicyclic) bond motifs is 8. The van der Waals surface area contributed by atoms with Crippen LogP contribution in [0.2, 0.25) is 0 Å². The van der Waals surface area contributed by atoms with Crippen LogP contribution < -0.4 is 104 Å². The van der Waals surface area contributed by atoms with Crippen molar-refractivity contribution in [3.05, 3.63) is 54.6 Å². The normalized spacial score (nSPS) is 11.9. The maximum absolute atomic E-state index is 7.05. The van der Waals surface area contributed by atoms with E-state index in [9.17, 15) is 0 Å². The highest BCUT2D eigenvalue weighted by Gasteiger charge is 2.30. The highest BCUT2D eigenvalue weighted by molar-refractivity contribution is 6.74. The Morgan fingerprint density at radius 1 is 0.242 bits per heavy atom. The van der Waals surface area contributed by atoms with Crippen molar-refractivity contribution in [1.82, 2.24) is 0 Å². The summed E-state index contributed by atoms with van der Waals surface area (Å²) in [5.41, 5.74) is 35.7. The molecule has 66 heavy (non-hydrogen) atoms. The van der Waals surface area contributed by atoms with Crippen LogP contribution in [0.25, 0.3) is 98.4 Å². The Kier molecular flexibility index (Phi) is 10.6. The quantitative estimate of drug-likeness (QED) is 0.0983. The molecule has 0 saturated carbocycles. The van der Waals surface area contributed by atoms with Crippen molar-refractivity contribution in [1.29, 1.82) is 0 Å². The van der Waals surface area contributed by atoms with E-state index in [1.807, 2.05) is 0 Å². The lowest BCUT2D eigenvalue weighted by atomic mass is 9.56. The first-order chi connectivity index (χ1) is 31.2. The van der Waals surface area contributed by atoms with Gasteiger partial charge in [0, 0.05) is 10.8 Å². The van der Waals surface area contributed by atoms with Crippen LogP contribution in [0.15, 0.2) is 59.0 Å². The topological polar surface area (TPSA) is 13.1 Å². The van der Waals surface area contributed by atoms with Crippen molar-refractivity contribution >= 4 is 318 Å². The van der Waals surface area contributed by atoms with E-state index in [0.717, 1.165) is 11.2 Å². The van der Waals surface area contributed by atoms with Gasteiger partial charge in [0.05, 0.1) is 0 Å². The molecule has 10 aromatic rings. The van der Waals surface area contributed by atoms with Crippen molar-refractivity contribution in [3.63, 3.8) is 0 Å². The Morgan fingerprint density at radius 2 is 0.576 bits per heavy atom. The molecule has 0 radical (unpaired) electrons. The molecule has 20 heteroatoms. The first-order valence-corrected chi connectivity index (χ1v) is 24.1. The molecular weight excluding hydrogens is 774 g/mol. The van der Waals surface area contributed by atoms with E-state index in [2.05, 4.69) is 204 Å². The molecular formula is C46H47B19O. The van der Waals surface area contributed by atoms with Crippen LogP contribution in [-0.4, -0.2) is 149 Å². The molecule has 0 N–H and O–H groups in total. The Bertz CT molecular complexity index is 3820. The molecule has 1 aromatic heterocycles. The van der Waals surface area contributed by atoms with Gasteiger partial charge in [0.2, 0.25) is 0 Å². The molecule has 0 bridgehead atoms. The molecule has 0 amide bonds. The van der Waals surface area contributed by atoms with E-state index < -0.39 is 0 Å². The summed E-state index contributed by atoms with van der Waals surface area (Å²) in [7, 11) is 44.6. The van der Waals surface area contributed by atoms with Gasteiger partial charge >= 0.3 is 0 Å². The van der Waals surface area contributed by atoms with Crippen molar-refractivity contribution in [2.24, 2.45) is 0 Å². The van der Waals surface area contributed by atoms with Gasteiger partial charge in [0.25, 0.3) is 0 Å². The van der Waals surface area contributed by atoms with Gasteiger partial charge in [-0.2, -0.15) is 0 Å². The fourth-order valence-electron chi connectivity index (χ4n) is 12.6. The largest absolute Gasteiger partial charge is 0.457 e. The predicted molar refractivity (Wildman–Crippen MR) is 355 cm³/mol. The van der Waals surface area contributed by atoms with Gasteiger partial charge in [-0.05, 0) is 82.5 Å². The Balaban J connectivity index is 1.44. The fraction of sp³-hybridized carbons (Fsp3) is 0. The smallest absolute Gasteiger partial charge is 0.143 e. The molecule has 0 unspecified atom stereocenters. The van der Waals surface area contributed by atoms with Crippen LogP contribution >= 0.6 is 0 Å². The summed E-state index contributed by atoms with van der Waals surface area (Å²) in [6, 6.07) is 20.6. The van der Waals surface area contributed by atoms with E-state index in [0.29, 0.717) is 0 Å². The van der Waals surface area contributed by atoms with Crippen LogP contribution in [0.5, 0.6) is 0 Å². The minimum atomic E-state index is 1.03. The van der Waals surface area contributed by atoms with E-state index in [-0.39, 0.29) is 0 Å². The van der Waals surface area contributed by atoms with E-state index in [1.54, 1.807) is 0 Å². The molecule has 294 valence electrons. The SMILES string of the molecule is Bc1c(B)c(-c2c(B)c(B)c(B)c3oc4c(B)c(B)c(B)c(B)c4c23)c(B)c(B)c1-c1c2c(B)c(B)c(B)c(B)c2c(-c2cc3ccccc3c3ccccc23)c2c(B)c(B)c(B)c(B)c12. The van der Waals surface area contributed by atoms with Crippen LogP contribution in [-0.2, 0) is 0 Å². The minimum Gasteiger partial charge on any atom is -0.457 e. The average molecular weight is 821 g/mol. The maximum Gasteiger partial charge on any atom is 0.143 e. The zero-order chi connectivity index (χ0) is 47.4. The maximum atomic E-state index is 7.05. The van der Waals surface area contributed by atoms with E-state index in [1.165, 1.54) is 191 Å². The molecule has 10 rings (SSSR count). The zero-order valence-electron chi connectivity index (χ0n) is 43.1. The van der Waals surface area contributed by atoms with Crippen LogP contribution in [0.3, 0.4) is 0 Å². The standard InChI is InChI=1S/C46H47B19O/c47-26-17-15(14-9-10-5-1-2-6-11(10)12-7-3-4-8-13(12)14)18-20(29(50)39(60)37(58)27(18)48)16(19(17)28(49)38(59)36(26)57)23-31(52)33(54)24(34(55)32(23)53)21-22-25-35(56)40(61)42(63)44(65)46(25)66-45(22)43(64)41(62)30(21)51/h1-9H,47-65H2.